The molecule has 3 aliphatic heterocycles. The number of hydrogen-bond donors (Lipinski definition) is 12. The Labute approximate surface area is 383 Å². The first-order chi connectivity index (χ1) is 31.3. The first-order valence-corrected chi connectivity index (χ1v) is 23.7. The number of nitrogens with one attached hydrogen (secondary N) is 1. The molecule has 0 aromatic carbocycles. The van der Waals surface area contributed by atoms with Crippen molar-refractivity contribution in [1.82, 2.24) is 5.32 Å². The van der Waals surface area contributed by atoms with Crippen molar-refractivity contribution in [3.05, 3.63) is 36.5 Å². The largest absolute Gasteiger partial charge is 0.394 e. The number of carbonyl (C=O) groups is 1. The number of carbonyl (C=O) groups excluding carboxylic acids is 1. The van der Waals surface area contributed by atoms with Crippen molar-refractivity contribution in [3.63, 3.8) is 0 Å². The lowest BCUT2D eigenvalue weighted by atomic mass is 9.96. The molecule has 0 radical (unpaired) electrons. The van der Waals surface area contributed by atoms with E-state index in [2.05, 4.69) is 43.5 Å². The van der Waals surface area contributed by atoms with Gasteiger partial charge in [-0.1, -0.05) is 95.2 Å². The first-order valence-electron chi connectivity index (χ1n) is 23.7. The number of rotatable bonds is 31. The summed E-state index contributed by atoms with van der Waals surface area (Å²) in [5.74, 6) is -0.304. The van der Waals surface area contributed by atoms with Crippen LogP contribution in [0.25, 0.3) is 0 Å². The van der Waals surface area contributed by atoms with Gasteiger partial charge in [-0.15, -0.1) is 0 Å². The fraction of sp³-hybridized carbons (Fsp3) is 0.848. The molecule has 0 aromatic heterocycles. The van der Waals surface area contributed by atoms with E-state index in [1.54, 1.807) is 6.08 Å². The zero-order valence-corrected chi connectivity index (χ0v) is 38.2. The predicted octanol–water partition coefficient (Wildman–Crippen LogP) is 0.247. The van der Waals surface area contributed by atoms with Crippen LogP contribution < -0.4 is 5.32 Å². The van der Waals surface area contributed by atoms with Crippen LogP contribution in [0, 0.1) is 0 Å². The highest BCUT2D eigenvalue weighted by Crippen LogP contribution is 2.33. The Morgan fingerprint density at radius 1 is 0.538 bits per heavy atom. The molecule has 12 N–H and O–H groups in total. The van der Waals surface area contributed by atoms with Gasteiger partial charge in [-0.3, -0.25) is 4.79 Å². The molecule has 0 saturated carbocycles. The summed E-state index contributed by atoms with van der Waals surface area (Å²) < 4.78 is 33.9. The predicted molar refractivity (Wildman–Crippen MR) is 236 cm³/mol. The fourth-order valence-electron chi connectivity index (χ4n) is 7.83. The fourth-order valence-corrected chi connectivity index (χ4v) is 7.83. The maximum Gasteiger partial charge on any atom is 0.220 e. The van der Waals surface area contributed by atoms with Crippen LogP contribution in [0.15, 0.2) is 36.5 Å². The van der Waals surface area contributed by atoms with E-state index >= 15 is 0 Å². The van der Waals surface area contributed by atoms with Gasteiger partial charge in [0, 0.05) is 6.42 Å². The highest BCUT2D eigenvalue weighted by atomic mass is 16.8. The minimum absolute atomic E-state index is 0.223. The quantitative estimate of drug-likeness (QED) is 0.0328. The number of allylic oxidation sites excluding steroid dienone is 5. The summed E-state index contributed by atoms with van der Waals surface area (Å²) in [5, 5.41) is 119. The molecule has 3 rings (SSSR count). The molecule has 19 nitrogen and oxygen atoms in total. The van der Waals surface area contributed by atoms with Gasteiger partial charge in [-0.2, -0.15) is 0 Å². The van der Waals surface area contributed by atoms with Gasteiger partial charge in [0.05, 0.1) is 38.6 Å². The highest BCUT2D eigenvalue weighted by Gasteiger charge is 2.53. The Bertz CT molecular complexity index is 1350. The van der Waals surface area contributed by atoms with Crippen molar-refractivity contribution < 1.29 is 89.4 Å². The maximum atomic E-state index is 13.1. The SMILES string of the molecule is CCCC/C=C\CCCCCCCC(=O)NC(COC1OC(CO)C(OC2OC(CO)C(OC3OC(CO)C(O)C(O)C3O)C(O)C2O)C(O)C1O)C(O)/C=C/CC/C=C/CCCCC. The summed E-state index contributed by atoms with van der Waals surface area (Å²) in [6, 6.07) is -0.988. The zero-order chi connectivity index (χ0) is 47.7. The van der Waals surface area contributed by atoms with E-state index in [4.69, 9.17) is 28.4 Å². The van der Waals surface area contributed by atoms with Gasteiger partial charge in [0.2, 0.25) is 5.91 Å². The standard InChI is InChI=1S/C46H81NO18/c1-3-5-7-9-11-13-14-16-18-20-22-24-34(52)47-29(30(51)23-21-19-17-15-12-10-8-6-4-2)28-60-44-40(58)37(55)42(32(26-49)62-44)65-46-41(59)38(56)43(33(27-50)63-46)64-45-39(57)36(54)35(53)31(25-48)61-45/h9,11-12,15,21,23,29-33,35-46,48-51,53-59H,3-8,10,13-14,16-20,22,24-28H2,1-2H3,(H,47,52)/b11-9-,15-12+,23-21+. The van der Waals surface area contributed by atoms with Crippen LogP contribution in [0.2, 0.25) is 0 Å². The van der Waals surface area contributed by atoms with Gasteiger partial charge >= 0.3 is 0 Å². The number of ether oxygens (including phenoxy) is 6. The number of aliphatic hydroxyl groups is 11. The van der Waals surface area contributed by atoms with Crippen LogP contribution in [-0.2, 0) is 33.2 Å². The molecule has 0 spiro atoms. The van der Waals surface area contributed by atoms with Gasteiger partial charge in [-0.05, 0) is 51.4 Å². The smallest absolute Gasteiger partial charge is 0.220 e. The second-order valence-electron chi connectivity index (χ2n) is 17.2. The third kappa shape index (κ3) is 18.8. The Kier molecular flexibility index (Phi) is 28.2. The Morgan fingerprint density at radius 3 is 1.58 bits per heavy atom. The molecule has 3 aliphatic rings. The van der Waals surface area contributed by atoms with E-state index in [9.17, 15) is 61.0 Å². The van der Waals surface area contributed by atoms with Crippen molar-refractivity contribution in [2.24, 2.45) is 0 Å². The van der Waals surface area contributed by atoms with Crippen LogP contribution in [0.1, 0.15) is 117 Å². The number of aliphatic hydroxyl groups excluding tert-OH is 11. The van der Waals surface area contributed by atoms with Gasteiger partial charge in [0.15, 0.2) is 18.9 Å². The Morgan fingerprint density at radius 2 is 1.00 bits per heavy atom. The lowest BCUT2D eigenvalue weighted by Gasteiger charge is -2.48. The van der Waals surface area contributed by atoms with Crippen molar-refractivity contribution in [1.29, 1.82) is 0 Å². The average Bonchev–Trinajstić information content (AvgIpc) is 3.30. The van der Waals surface area contributed by atoms with Crippen LogP contribution in [0.4, 0.5) is 0 Å². The lowest BCUT2D eigenvalue weighted by Crippen LogP contribution is -2.66. The van der Waals surface area contributed by atoms with Gasteiger partial charge in [-0.25, -0.2) is 0 Å². The summed E-state index contributed by atoms with van der Waals surface area (Å²) in [6.45, 7) is 1.53. The molecule has 3 heterocycles. The van der Waals surface area contributed by atoms with E-state index in [1.807, 2.05) is 6.08 Å². The normalized spacial score (nSPS) is 34.4. The van der Waals surface area contributed by atoms with Crippen molar-refractivity contribution in [2.75, 3.05) is 26.4 Å². The minimum atomic E-state index is -1.98. The molecule has 0 aliphatic carbocycles. The molecule has 3 fully saturated rings. The summed E-state index contributed by atoms with van der Waals surface area (Å²) in [7, 11) is 0. The third-order valence-corrected chi connectivity index (χ3v) is 11.9. The van der Waals surface area contributed by atoms with E-state index in [1.165, 1.54) is 19.3 Å². The topological polar surface area (TPSA) is 307 Å². The molecule has 19 heteroatoms. The molecule has 65 heavy (non-hydrogen) atoms. The monoisotopic (exact) mass is 936 g/mol. The second-order valence-corrected chi connectivity index (χ2v) is 17.2. The molecule has 3 saturated heterocycles. The minimum Gasteiger partial charge on any atom is -0.394 e. The Hall–Kier alpha value is -1.99. The lowest BCUT2D eigenvalue weighted by molar-refractivity contribution is -0.379. The maximum absolute atomic E-state index is 13.1. The molecule has 0 aromatic rings. The summed E-state index contributed by atoms with van der Waals surface area (Å²) in [6.07, 6.45) is 0.467. The molecular weight excluding hydrogens is 854 g/mol. The van der Waals surface area contributed by atoms with Crippen molar-refractivity contribution in [2.45, 2.75) is 221 Å². The molecule has 1 amide bonds. The van der Waals surface area contributed by atoms with E-state index < -0.39 is 124 Å². The van der Waals surface area contributed by atoms with Gasteiger partial charge in [0.25, 0.3) is 0 Å². The Balaban J connectivity index is 1.60. The van der Waals surface area contributed by atoms with Crippen LogP contribution in [-0.4, -0.2) is 193 Å². The zero-order valence-electron chi connectivity index (χ0n) is 38.2. The molecule has 378 valence electrons. The molecule has 17 atom stereocenters. The highest BCUT2D eigenvalue weighted by molar-refractivity contribution is 5.76. The summed E-state index contributed by atoms with van der Waals surface area (Å²) in [5.41, 5.74) is 0. The van der Waals surface area contributed by atoms with E-state index in [0.29, 0.717) is 12.8 Å². The van der Waals surface area contributed by atoms with Crippen LogP contribution in [0.5, 0.6) is 0 Å². The van der Waals surface area contributed by atoms with Gasteiger partial charge < -0.3 is 89.9 Å². The molecular formula is C46H81NO18. The average molecular weight is 936 g/mol. The third-order valence-electron chi connectivity index (χ3n) is 11.9. The summed E-state index contributed by atoms with van der Waals surface area (Å²) >= 11 is 0. The van der Waals surface area contributed by atoms with E-state index in [-0.39, 0.29) is 18.9 Å². The molecule has 0 bridgehead atoms. The van der Waals surface area contributed by atoms with Crippen molar-refractivity contribution >= 4 is 5.91 Å². The number of unbranched alkanes of at least 4 members (excludes halogenated alkanes) is 11. The molecule has 17 unspecified atom stereocenters. The van der Waals surface area contributed by atoms with Crippen LogP contribution >= 0.6 is 0 Å². The van der Waals surface area contributed by atoms with E-state index in [0.717, 1.165) is 64.2 Å². The second kappa shape index (κ2) is 31.9. The number of hydrogen-bond acceptors (Lipinski definition) is 18. The number of amides is 1. The van der Waals surface area contributed by atoms with Gasteiger partial charge in [0.1, 0.15) is 73.2 Å². The van der Waals surface area contributed by atoms with Crippen molar-refractivity contribution in [3.8, 4) is 0 Å². The summed E-state index contributed by atoms with van der Waals surface area (Å²) in [4.78, 5) is 13.1. The van der Waals surface area contributed by atoms with Crippen LogP contribution in [0.3, 0.4) is 0 Å². The first kappa shape index (κ1) is 57.3.